The monoisotopic (exact) mass is 336 g/mol. The molecule has 1 aromatic heterocycles. The van der Waals surface area contributed by atoms with Crippen molar-refractivity contribution in [2.45, 2.75) is 18.9 Å². The van der Waals surface area contributed by atoms with E-state index in [0.717, 1.165) is 50.5 Å². The van der Waals surface area contributed by atoms with Crippen molar-refractivity contribution in [1.82, 2.24) is 19.4 Å². The number of imidazole rings is 1. The molecular formula is C20H24N4O. The number of aryl methyl sites for hydroxylation is 1. The number of carbonyl (C=O) groups is 1. The molecule has 0 saturated carbocycles. The average molecular weight is 336 g/mol. The molecule has 0 N–H and O–H groups in total. The van der Waals surface area contributed by atoms with Crippen LogP contribution in [0.25, 0.3) is 0 Å². The molecule has 4 rings (SSSR count). The second-order valence-corrected chi connectivity index (χ2v) is 6.93. The molecule has 0 radical (unpaired) electrons. The molecule has 1 aromatic carbocycles. The highest BCUT2D eigenvalue weighted by atomic mass is 16.2. The molecule has 3 heterocycles. The second-order valence-electron chi connectivity index (χ2n) is 6.93. The number of fused-ring (bicyclic) bond motifs is 1. The Hall–Kier alpha value is -2.40. The normalized spacial score (nSPS) is 20.0. The number of hydrogen-bond acceptors (Lipinski definition) is 3. The van der Waals surface area contributed by atoms with E-state index in [4.69, 9.17) is 0 Å². The molecule has 25 heavy (non-hydrogen) atoms. The fourth-order valence-corrected chi connectivity index (χ4v) is 3.85. The maximum atomic E-state index is 13.1. The predicted molar refractivity (Wildman–Crippen MR) is 97.1 cm³/mol. The highest BCUT2D eigenvalue weighted by Crippen LogP contribution is 2.29. The van der Waals surface area contributed by atoms with Gasteiger partial charge < -0.3 is 9.47 Å². The molecule has 5 nitrogen and oxygen atoms in total. The van der Waals surface area contributed by atoms with Crippen molar-refractivity contribution in [3.8, 4) is 0 Å². The van der Waals surface area contributed by atoms with Gasteiger partial charge in [0.25, 0.3) is 0 Å². The van der Waals surface area contributed by atoms with E-state index in [1.165, 1.54) is 5.56 Å². The van der Waals surface area contributed by atoms with E-state index in [9.17, 15) is 4.79 Å². The molecular weight excluding hydrogens is 312 g/mol. The number of aromatic nitrogens is 2. The van der Waals surface area contributed by atoms with Crippen LogP contribution in [0.4, 0.5) is 0 Å². The van der Waals surface area contributed by atoms with Crippen LogP contribution in [-0.2, 0) is 24.8 Å². The van der Waals surface area contributed by atoms with Crippen molar-refractivity contribution in [3.05, 3.63) is 65.8 Å². The topological polar surface area (TPSA) is 41.4 Å². The van der Waals surface area contributed by atoms with E-state index in [0.29, 0.717) is 0 Å². The minimum Gasteiger partial charge on any atom is -0.337 e. The first kappa shape index (κ1) is 16.1. The van der Waals surface area contributed by atoms with E-state index >= 15 is 0 Å². The van der Waals surface area contributed by atoms with Gasteiger partial charge in [0, 0.05) is 39.8 Å². The van der Waals surface area contributed by atoms with E-state index in [1.54, 1.807) is 0 Å². The highest BCUT2D eigenvalue weighted by molar-refractivity contribution is 5.84. The number of benzene rings is 1. The summed E-state index contributed by atoms with van der Waals surface area (Å²) in [5, 5.41) is 0. The Kier molecular flexibility index (Phi) is 4.40. The Morgan fingerprint density at radius 3 is 2.72 bits per heavy atom. The molecule has 0 bridgehead atoms. The van der Waals surface area contributed by atoms with Crippen LogP contribution in [-0.4, -0.2) is 51.4 Å². The maximum absolute atomic E-state index is 13.1. The van der Waals surface area contributed by atoms with Gasteiger partial charge in [-0.15, -0.1) is 0 Å². The minimum atomic E-state index is -0.119. The Bertz CT molecular complexity index is 772. The highest BCUT2D eigenvalue weighted by Gasteiger charge is 2.36. The standard InChI is InChI=1S/C20H24N4O/c1-22-15-21-18-14-23(12-9-16-7-3-2-4-8-16)13-17(19(18)22)20(25)24-10-5-6-11-24/h2-8,15,17H,9-14H2,1H3. The lowest BCUT2D eigenvalue weighted by Gasteiger charge is -2.34. The van der Waals surface area contributed by atoms with Gasteiger partial charge in [0.15, 0.2) is 0 Å². The molecule has 130 valence electrons. The van der Waals surface area contributed by atoms with Crippen LogP contribution >= 0.6 is 0 Å². The lowest BCUT2D eigenvalue weighted by Crippen LogP contribution is -2.43. The summed E-state index contributed by atoms with van der Waals surface area (Å²) in [6.45, 7) is 4.00. The third-order valence-electron chi connectivity index (χ3n) is 5.19. The van der Waals surface area contributed by atoms with Crippen molar-refractivity contribution in [3.63, 3.8) is 0 Å². The van der Waals surface area contributed by atoms with Crippen LogP contribution in [0.3, 0.4) is 0 Å². The Labute approximate surface area is 148 Å². The third kappa shape index (κ3) is 3.24. The number of amides is 1. The fourth-order valence-electron chi connectivity index (χ4n) is 3.85. The molecule has 1 amide bonds. The number of carbonyl (C=O) groups excluding carboxylic acids is 1. The van der Waals surface area contributed by atoms with E-state index < -0.39 is 0 Å². The SMILES string of the molecule is Cn1cnc2c1C(C(=O)N1CC=CC1)CN(CCc1ccccc1)C2. The van der Waals surface area contributed by atoms with Crippen molar-refractivity contribution >= 4 is 5.91 Å². The van der Waals surface area contributed by atoms with Gasteiger partial charge in [0.1, 0.15) is 0 Å². The third-order valence-corrected chi connectivity index (χ3v) is 5.19. The van der Waals surface area contributed by atoms with Crippen LogP contribution in [0.2, 0.25) is 0 Å². The molecule has 0 saturated heterocycles. The van der Waals surface area contributed by atoms with Gasteiger partial charge >= 0.3 is 0 Å². The van der Waals surface area contributed by atoms with Gasteiger partial charge in [0.05, 0.1) is 23.6 Å². The van der Waals surface area contributed by atoms with Gasteiger partial charge in [-0.2, -0.15) is 0 Å². The van der Waals surface area contributed by atoms with Crippen LogP contribution in [0.15, 0.2) is 48.8 Å². The van der Waals surface area contributed by atoms with Gasteiger partial charge in [-0.3, -0.25) is 9.69 Å². The van der Waals surface area contributed by atoms with E-state index in [2.05, 4.69) is 46.3 Å². The maximum Gasteiger partial charge on any atom is 0.233 e. The zero-order valence-electron chi connectivity index (χ0n) is 14.6. The number of rotatable bonds is 4. The summed E-state index contributed by atoms with van der Waals surface area (Å²) in [5.74, 6) is 0.103. The molecule has 0 aliphatic carbocycles. The first-order chi connectivity index (χ1) is 12.2. The molecule has 1 unspecified atom stereocenters. The van der Waals surface area contributed by atoms with Crippen LogP contribution in [0, 0.1) is 0 Å². The summed E-state index contributed by atoms with van der Waals surface area (Å²) in [6, 6.07) is 10.5. The minimum absolute atomic E-state index is 0.119. The lowest BCUT2D eigenvalue weighted by atomic mass is 9.96. The summed E-state index contributed by atoms with van der Waals surface area (Å²) < 4.78 is 2.02. The predicted octanol–water partition coefficient (Wildman–Crippen LogP) is 1.96. The Morgan fingerprint density at radius 2 is 1.96 bits per heavy atom. The molecule has 1 atom stereocenters. The summed E-state index contributed by atoms with van der Waals surface area (Å²) in [7, 11) is 1.99. The largest absolute Gasteiger partial charge is 0.337 e. The smallest absolute Gasteiger partial charge is 0.233 e. The van der Waals surface area contributed by atoms with Crippen molar-refractivity contribution in [2.75, 3.05) is 26.2 Å². The first-order valence-corrected chi connectivity index (χ1v) is 8.92. The molecule has 0 fully saturated rings. The molecule has 0 spiro atoms. The molecule has 2 aliphatic rings. The fraction of sp³-hybridized carbons (Fsp3) is 0.400. The van der Waals surface area contributed by atoms with Crippen LogP contribution in [0.1, 0.15) is 22.9 Å². The van der Waals surface area contributed by atoms with Gasteiger partial charge in [0.2, 0.25) is 5.91 Å². The first-order valence-electron chi connectivity index (χ1n) is 8.92. The second kappa shape index (κ2) is 6.84. The summed E-state index contributed by atoms with van der Waals surface area (Å²) in [4.78, 5) is 21.9. The molecule has 2 aromatic rings. The number of nitrogens with zero attached hydrogens (tertiary/aromatic N) is 4. The van der Waals surface area contributed by atoms with Crippen LogP contribution in [0.5, 0.6) is 0 Å². The van der Waals surface area contributed by atoms with Crippen molar-refractivity contribution in [2.24, 2.45) is 7.05 Å². The zero-order valence-corrected chi connectivity index (χ0v) is 14.6. The number of hydrogen-bond donors (Lipinski definition) is 0. The zero-order chi connectivity index (χ0) is 17.2. The van der Waals surface area contributed by atoms with E-state index in [1.807, 2.05) is 28.9 Å². The summed E-state index contributed by atoms with van der Waals surface area (Å²) in [6.07, 6.45) is 6.97. The molecule has 5 heteroatoms. The van der Waals surface area contributed by atoms with Gasteiger partial charge in [-0.1, -0.05) is 42.5 Å². The van der Waals surface area contributed by atoms with Crippen LogP contribution < -0.4 is 0 Å². The lowest BCUT2D eigenvalue weighted by molar-refractivity contribution is -0.132. The van der Waals surface area contributed by atoms with Gasteiger partial charge in [-0.25, -0.2) is 4.98 Å². The Morgan fingerprint density at radius 1 is 1.20 bits per heavy atom. The van der Waals surface area contributed by atoms with Crippen molar-refractivity contribution < 1.29 is 4.79 Å². The van der Waals surface area contributed by atoms with Crippen molar-refractivity contribution in [1.29, 1.82) is 0 Å². The van der Waals surface area contributed by atoms with Gasteiger partial charge in [-0.05, 0) is 12.0 Å². The Balaban J connectivity index is 1.51. The quantitative estimate of drug-likeness (QED) is 0.802. The van der Waals surface area contributed by atoms with E-state index in [-0.39, 0.29) is 11.8 Å². The molecule has 2 aliphatic heterocycles. The average Bonchev–Trinajstić information content (AvgIpc) is 3.30. The summed E-state index contributed by atoms with van der Waals surface area (Å²) in [5.41, 5.74) is 3.47. The summed E-state index contributed by atoms with van der Waals surface area (Å²) >= 11 is 0.